The van der Waals surface area contributed by atoms with Crippen molar-refractivity contribution < 1.29 is 37.2 Å². The largest absolute Gasteiger partial charge is 0.497 e. The van der Waals surface area contributed by atoms with Crippen molar-refractivity contribution in [2.24, 2.45) is 5.92 Å². The maximum atomic E-state index is 13.4. The summed E-state index contributed by atoms with van der Waals surface area (Å²) < 4.78 is 55.8. The van der Waals surface area contributed by atoms with Crippen molar-refractivity contribution in [3.05, 3.63) is 145 Å². The number of aromatic nitrogens is 6. The predicted octanol–water partition coefficient (Wildman–Crippen LogP) is 8.38. The zero-order valence-electron chi connectivity index (χ0n) is 43.4. The van der Waals surface area contributed by atoms with Crippen LogP contribution in [0.15, 0.2) is 106 Å². The molecule has 0 saturated carbocycles. The average Bonchev–Trinajstić information content (AvgIpc) is 4.08. The first-order valence-corrected chi connectivity index (χ1v) is 30.5. The van der Waals surface area contributed by atoms with Crippen molar-refractivity contribution in [2.45, 2.75) is 115 Å². The molecule has 2 aliphatic rings. The lowest BCUT2D eigenvalue weighted by atomic mass is 9.80. The molecule has 1 unspecified atom stereocenters. The molecule has 0 spiro atoms. The lowest BCUT2D eigenvalue weighted by Crippen LogP contribution is -2.46. The number of benzene rings is 3. The van der Waals surface area contributed by atoms with Gasteiger partial charge in [0, 0.05) is 37.8 Å². The highest BCUT2D eigenvalue weighted by Gasteiger charge is 2.48. The molecule has 2 fully saturated rings. The minimum atomic E-state index is -3.18. The van der Waals surface area contributed by atoms with Crippen LogP contribution in [0.4, 0.5) is 5.95 Å². The normalized spacial score (nSPS) is 21.4. The van der Waals surface area contributed by atoms with Gasteiger partial charge in [0.2, 0.25) is 5.95 Å². The van der Waals surface area contributed by atoms with Crippen LogP contribution in [0.5, 0.6) is 11.5 Å². The smallest absolute Gasteiger partial charge is 0.330 e. The topological polar surface area (TPSA) is 204 Å². The summed E-state index contributed by atoms with van der Waals surface area (Å²) in [5, 5.41) is 3.10. The van der Waals surface area contributed by atoms with Crippen molar-refractivity contribution in [1.82, 2.24) is 29.1 Å². The van der Waals surface area contributed by atoms with Crippen LogP contribution in [0, 0.1) is 12.8 Å². The molecule has 2 saturated heterocycles. The van der Waals surface area contributed by atoms with E-state index in [9.17, 15) is 14.4 Å². The van der Waals surface area contributed by atoms with E-state index in [-0.39, 0.29) is 30.2 Å². The number of methoxy groups -OCH3 is 2. The lowest BCUT2D eigenvalue weighted by Gasteiger charge is -2.39. The molecule has 3 aromatic carbocycles. The maximum absolute atomic E-state index is 13.4. The van der Waals surface area contributed by atoms with Gasteiger partial charge in [-0.25, -0.2) is 9.78 Å². The predicted molar refractivity (Wildman–Crippen MR) is 286 cm³/mol. The van der Waals surface area contributed by atoms with Gasteiger partial charge in [0.1, 0.15) is 41.8 Å². The first-order valence-electron chi connectivity index (χ1n) is 24.5. The first kappa shape index (κ1) is 54.0. The Hall–Kier alpha value is -5.28. The number of ether oxygens (including phenoxy) is 5. The van der Waals surface area contributed by atoms with Gasteiger partial charge in [0.05, 0.1) is 46.0 Å². The Balaban J connectivity index is 1.14. The van der Waals surface area contributed by atoms with E-state index in [0.717, 1.165) is 16.7 Å². The minimum absolute atomic E-state index is 0.00408. The molecule has 0 amide bonds. The molecule has 0 aliphatic carbocycles. The zero-order valence-corrected chi connectivity index (χ0v) is 46.1. The summed E-state index contributed by atoms with van der Waals surface area (Å²) in [4.78, 5) is 53.3. The Morgan fingerprint density at radius 3 is 1.99 bits per heavy atom. The highest BCUT2D eigenvalue weighted by molar-refractivity contribution is 8.09. The Labute approximate surface area is 431 Å². The molecule has 21 heteroatoms. The molecule has 0 bridgehead atoms. The number of aromatic amines is 2. The number of H-pyrrole nitrogens is 2. The SMILES string of the molecule is COc1ccc(C(OC[C@H]2O[C@@H](n3cnc4c(=O)[nH]c(NCC(C)C)nc43)C[C@@H]2OP(C)(=S)OC[C@H]2O[C@@H](n3cc(C)c(=O)[nH]c3=O)C[C@@H]2O[Si](C)(C)C(C)(C)C)(c2ccccc2)c2ccc(OC)cc2)cc1. The van der Waals surface area contributed by atoms with E-state index in [1.165, 1.54) is 10.8 Å². The number of aryl methyl sites for hydroxylation is 1. The number of hydrogen-bond acceptors (Lipinski definition) is 15. The number of nitrogens with one attached hydrogen (secondary N) is 3. The molecule has 18 nitrogen and oxygen atoms in total. The monoisotopic (exact) mass is 1060 g/mol. The van der Waals surface area contributed by atoms with Crippen molar-refractivity contribution >= 4 is 43.7 Å². The van der Waals surface area contributed by atoms with E-state index in [2.05, 4.69) is 68.0 Å². The lowest BCUT2D eigenvalue weighted by molar-refractivity contribution is -0.0909. The quantitative estimate of drug-likeness (QED) is 0.0373. The second kappa shape index (κ2) is 21.9. The van der Waals surface area contributed by atoms with Crippen LogP contribution in [0.2, 0.25) is 18.1 Å². The highest BCUT2D eigenvalue weighted by Crippen LogP contribution is 2.51. The number of fused-ring (bicyclic) bond motifs is 1. The van der Waals surface area contributed by atoms with Gasteiger partial charge in [-0.2, -0.15) is 4.98 Å². The van der Waals surface area contributed by atoms with Crippen LogP contribution in [-0.4, -0.2) is 102 Å². The van der Waals surface area contributed by atoms with Crippen molar-refractivity contribution in [1.29, 1.82) is 0 Å². The first-order chi connectivity index (χ1) is 34.6. The third kappa shape index (κ3) is 11.8. The van der Waals surface area contributed by atoms with Gasteiger partial charge in [0.25, 0.3) is 11.1 Å². The molecule has 6 aromatic rings. The average molecular weight is 1060 g/mol. The molecule has 73 heavy (non-hydrogen) atoms. The fraction of sp³-hybridized carbons (Fsp3) is 0.481. The van der Waals surface area contributed by atoms with Crippen LogP contribution >= 0.6 is 6.49 Å². The second-order valence-electron chi connectivity index (χ2n) is 20.7. The fourth-order valence-electron chi connectivity index (χ4n) is 8.92. The summed E-state index contributed by atoms with van der Waals surface area (Å²) >= 11 is 6.26. The second-order valence-corrected chi connectivity index (χ2v) is 29.4. The van der Waals surface area contributed by atoms with Crippen molar-refractivity contribution in [3.63, 3.8) is 0 Å². The number of hydrogen-bond donors (Lipinski definition) is 3. The Kier molecular flexibility index (Phi) is 16.2. The van der Waals surface area contributed by atoms with Gasteiger partial charge in [-0.15, -0.1) is 0 Å². The van der Waals surface area contributed by atoms with Gasteiger partial charge in [-0.3, -0.25) is 28.7 Å². The van der Waals surface area contributed by atoms with Crippen molar-refractivity contribution in [2.75, 3.05) is 46.0 Å². The molecular weight excluding hydrogens is 990 g/mol. The third-order valence-corrected chi connectivity index (χ3v) is 20.3. The summed E-state index contributed by atoms with van der Waals surface area (Å²) in [5.41, 5.74) is 0.763. The van der Waals surface area contributed by atoms with Gasteiger partial charge < -0.3 is 42.5 Å². The van der Waals surface area contributed by atoms with Gasteiger partial charge in [-0.1, -0.05) is 89.2 Å². The number of anilines is 1. The molecule has 3 aromatic heterocycles. The summed E-state index contributed by atoms with van der Waals surface area (Å²) in [7, 11) is 0.875. The summed E-state index contributed by atoms with van der Waals surface area (Å²) in [6.07, 6.45) is -0.370. The van der Waals surface area contributed by atoms with Crippen molar-refractivity contribution in [3.8, 4) is 11.5 Å². The van der Waals surface area contributed by atoms with Crippen LogP contribution in [0.1, 0.15) is 82.2 Å². The van der Waals surface area contributed by atoms with E-state index in [0.29, 0.717) is 47.5 Å². The fourth-order valence-corrected chi connectivity index (χ4v) is 12.0. The molecule has 8 rings (SSSR count). The highest BCUT2D eigenvalue weighted by atomic mass is 32.5. The van der Waals surface area contributed by atoms with E-state index in [1.807, 2.05) is 78.9 Å². The van der Waals surface area contributed by atoms with Crippen LogP contribution in [0.25, 0.3) is 11.2 Å². The van der Waals surface area contributed by atoms with E-state index in [4.69, 9.17) is 53.9 Å². The minimum Gasteiger partial charge on any atom is -0.497 e. The zero-order chi connectivity index (χ0) is 52.5. The standard InChI is InChI=1S/C52H68N7O11PSSi/c1-32(2)27-53-49-55-46-45(48(61)56-49)54-31-59(46)44-25-39(69-71(9,72)66-30-42-40(70-73(10,11)51(4,5)6)26-43(68-42)58-28-33(3)47(60)57-50(58)62)41(67-44)29-65-52(34-15-13-12-14-16-34,35-17-21-37(63-7)22-18-35)36-19-23-38(64-8)24-20-36/h12-24,28,31-32,39-44H,25-27,29-30H2,1-11H3,(H,57,60,62)(H2,53,55,56,61)/t39-,40-,41+,42+,43+,44+,71?/m0/s1. The van der Waals surface area contributed by atoms with Gasteiger partial charge >= 0.3 is 5.69 Å². The van der Waals surface area contributed by atoms with Crippen LogP contribution < -0.4 is 31.6 Å². The van der Waals surface area contributed by atoms with Crippen LogP contribution in [0.3, 0.4) is 0 Å². The number of nitrogens with zero attached hydrogens (tertiary/aromatic N) is 4. The van der Waals surface area contributed by atoms with E-state index >= 15 is 0 Å². The third-order valence-electron chi connectivity index (χ3n) is 13.9. The summed E-state index contributed by atoms with van der Waals surface area (Å²) in [5.74, 6) is 1.98. The number of rotatable bonds is 20. The molecule has 3 N–H and O–H groups in total. The van der Waals surface area contributed by atoms with Gasteiger partial charge in [-0.05, 0) is 83.7 Å². The van der Waals surface area contributed by atoms with E-state index < -0.39 is 74.1 Å². The summed E-state index contributed by atoms with van der Waals surface area (Å²) in [6, 6.07) is 25.5. The Morgan fingerprint density at radius 2 is 1.40 bits per heavy atom. The molecule has 7 atom stereocenters. The molecule has 392 valence electrons. The molecule has 2 aliphatic heterocycles. The Bertz CT molecular complexity index is 3040. The maximum Gasteiger partial charge on any atom is 0.330 e. The van der Waals surface area contributed by atoms with E-state index in [1.54, 1.807) is 38.7 Å². The van der Waals surface area contributed by atoms with Gasteiger partial charge in [0.15, 0.2) is 26.0 Å². The molecule has 5 heterocycles. The Morgan fingerprint density at radius 1 is 0.822 bits per heavy atom. The van der Waals surface area contributed by atoms with Crippen LogP contribution in [-0.2, 0) is 45.1 Å². The number of imidazole rings is 1. The molecule has 0 radical (unpaired) electrons. The molecular formula is C52H68N7O11PSSi. The summed E-state index contributed by atoms with van der Waals surface area (Å²) in [6.45, 7) is 15.7.